The Morgan fingerprint density at radius 3 is 2.45 bits per heavy atom. The van der Waals surface area contributed by atoms with Crippen LogP contribution in [0.3, 0.4) is 0 Å². The third kappa shape index (κ3) is 3.80. The first-order valence-electron chi connectivity index (χ1n) is 7.92. The zero-order chi connectivity index (χ0) is 15.0. The Morgan fingerprint density at radius 1 is 1.25 bits per heavy atom. The van der Waals surface area contributed by atoms with Gasteiger partial charge in [0.25, 0.3) is 0 Å². The monoisotopic (exact) mass is 278 g/mol. The Hall–Kier alpha value is -0.930. The van der Waals surface area contributed by atoms with Crippen molar-refractivity contribution in [2.45, 2.75) is 65.5 Å². The molecule has 3 nitrogen and oxygen atoms in total. The summed E-state index contributed by atoms with van der Waals surface area (Å²) < 4.78 is 6.21. The molecule has 0 bridgehead atoms. The summed E-state index contributed by atoms with van der Waals surface area (Å²) in [6, 6.07) is 2.28. The molecule has 1 atom stereocenters. The lowest BCUT2D eigenvalue weighted by Gasteiger charge is -2.40. The van der Waals surface area contributed by atoms with Crippen molar-refractivity contribution in [3.8, 4) is 0 Å². The summed E-state index contributed by atoms with van der Waals surface area (Å²) in [7, 11) is 0. The summed E-state index contributed by atoms with van der Waals surface area (Å²) in [5.74, 6) is 0. The highest BCUT2D eigenvalue weighted by molar-refractivity contribution is 5.28. The van der Waals surface area contributed by atoms with Gasteiger partial charge in [0.05, 0.1) is 11.6 Å². The Labute approximate surface area is 124 Å². The molecule has 1 rings (SSSR count). The van der Waals surface area contributed by atoms with Crippen molar-refractivity contribution in [3.63, 3.8) is 0 Å². The maximum Gasteiger partial charge on any atom is 0.0871 e. The number of rotatable bonds is 9. The third-order valence-corrected chi connectivity index (χ3v) is 4.14. The Morgan fingerprint density at radius 2 is 1.95 bits per heavy atom. The molecule has 1 aromatic heterocycles. The molecule has 1 unspecified atom stereocenters. The van der Waals surface area contributed by atoms with Gasteiger partial charge in [-0.1, -0.05) is 20.8 Å². The van der Waals surface area contributed by atoms with Crippen LogP contribution in [-0.4, -0.2) is 23.7 Å². The number of hydrogen-bond donors (Lipinski definition) is 1. The second kappa shape index (κ2) is 8.38. The molecule has 0 saturated carbocycles. The zero-order valence-corrected chi connectivity index (χ0v) is 13.7. The van der Waals surface area contributed by atoms with E-state index in [2.05, 4.69) is 51.0 Å². The molecule has 0 saturated heterocycles. The van der Waals surface area contributed by atoms with E-state index in [1.165, 1.54) is 11.1 Å². The molecule has 3 heteroatoms. The normalized spacial score (nSPS) is 13.4. The zero-order valence-electron chi connectivity index (χ0n) is 13.7. The molecule has 0 amide bonds. The summed E-state index contributed by atoms with van der Waals surface area (Å²) in [6.07, 6.45) is 6.95. The van der Waals surface area contributed by atoms with Crippen LogP contribution in [0.5, 0.6) is 0 Å². The van der Waals surface area contributed by atoms with Crippen LogP contribution in [0.4, 0.5) is 0 Å². The minimum Gasteiger partial charge on any atom is -0.373 e. The lowest BCUT2D eigenvalue weighted by molar-refractivity contribution is -0.0734. The van der Waals surface area contributed by atoms with Crippen LogP contribution < -0.4 is 5.32 Å². The van der Waals surface area contributed by atoms with E-state index in [0.717, 1.165) is 32.4 Å². The van der Waals surface area contributed by atoms with E-state index in [0.29, 0.717) is 0 Å². The quantitative estimate of drug-likeness (QED) is 0.740. The average molecular weight is 278 g/mol. The second-order valence-electron chi connectivity index (χ2n) is 5.32. The average Bonchev–Trinajstić information content (AvgIpc) is 2.48. The molecule has 114 valence electrons. The van der Waals surface area contributed by atoms with Gasteiger partial charge in [0.15, 0.2) is 0 Å². The lowest BCUT2D eigenvalue weighted by Crippen LogP contribution is -2.46. The smallest absolute Gasteiger partial charge is 0.0871 e. The van der Waals surface area contributed by atoms with E-state index < -0.39 is 0 Å². The van der Waals surface area contributed by atoms with Crippen molar-refractivity contribution in [3.05, 3.63) is 29.6 Å². The molecule has 0 aliphatic heterocycles. The largest absolute Gasteiger partial charge is 0.373 e. The molecule has 0 aliphatic rings. The number of hydrogen-bond acceptors (Lipinski definition) is 3. The molecule has 1 N–H and O–H groups in total. The number of aromatic nitrogens is 1. The van der Waals surface area contributed by atoms with Crippen LogP contribution >= 0.6 is 0 Å². The fraction of sp³-hybridized carbons (Fsp3) is 0.706. The van der Waals surface area contributed by atoms with Crippen LogP contribution in [-0.2, 0) is 4.74 Å². The highest BCUT2D eigenvalue weighted by atomic mass is 16.5. The number of nitrogens with one attached hydrogen (secondary N) is 1. The number of nitrogens with zero attached hydrogens (tertiary/aromatic N) is 1. The first-order chi connectivity index (χ1) is 9.65. The van der Waals surface area contributed by atoms with Crippen molar-refractivity contribution < 1.29 is 4.74 Å². The van der Waals surface area contributed by atoms with E-state index in [1.54, 1.807) is 0 Å². The van der Waals surface area contributed by atoms with Gasteiger partial charge < -0.3 is 10.1 Å². The van der Waals surface area contributed by atoms with Crippen molar-refractivity contribution in [2.24, 2.45) is 0 Å². The van der Waals surface area contributed by atoms with E-state index in [4.69, 9.17) is 4.74 Å². The van der Waals surface area contributed by atoms with Gasteiger partial charge in [0.1, 0.15) is 0 Å². The Kier molecular flexibility index (Phi) is 7.17. The summed E-state index contributed by atoms with van der Waals surface area (Å²) in [4.78, 5) is 4.32. The molecule has 0 spiro atoms. The van der Waals surface area contributed by atoms with Gasteiger partial charge in [-0.3, -0.25) is 4.98 Å². The lowest BCUT2D eigenvalue weighted by atomic mass is 9.82. The predicted octanol–water partition coefficient (Wildman–Crippen LogP) is 4.03. The number of aryl methyl sites for hydroxylation is 1. The third-order valence-electron chi connectivity index (χ3n) is 4.14. The fourth-order valence-electron chi connectivity index (χ4n) is 2.88. The van der Waals surface area contributed by atoms with Gasteiger partial charge in [-0.2, -0.15) is 0 Å². The van der Waals surface area contributed by atoms with Crippen LogP contribution in [0.25, 0.3) is 0 Å². The van der Waals surface area contributed by atoms with Crippen molar-refractivity contribution in [1.29, 1.82) is 0 Å². The van der Waals surface area contributed by atoms with Gasteiger partial charge in [0, 0.05) is 19.0 Å². The van der Waals surface area contributed by atoms with Gasteiger partial charge in [-0.25, -0.2) is 0 Å². The van der Waals surface area contributed by atoms with Gasteiger partial charge >= 0.3 is 0 Å². The summed E-state index contributed by atoms with van der Waals surface area (Å²) >= 11 is 0. The molecule has 20 heavy (non-hydrogen) atoms. The molecule has 0 aromatic carbocycles. The van der Waals surface area contributed by atoms with Crippen LogP contribution in [0.1, 0.15) is 64.1 Å². The first-order valence-corrected chi connectivity index (χ1v) is 7.92. The van der Waals surface area contributed by atoms with Gasteiger partial charge in [-0.05, 0) is 56.8 Å². The van der Waals surface area contributed by atoms with Crippen molar-refractivity contribution in [1.82, 2.24) is 10.3 Å². The molecule has 1 heterocycles. The van der Waals surface area contributed by atoms with E-state index in [-0.39, 0.29) is 11.6 Å². The molecular weight excluding hydrogens is 248 g/mol. The summed E-state index contributed by atoms with van der Waals surface area (Å²) in [6.45, 7) is 12.6. The van der Waals surface area contributed by atoms with Crippen LogP contribution in [0.2, 0.25) is 0 Å². The van der Waals surface area contributed by atoms with E-state index in [9.17, 15) is 0 Å². The van der Waals surface area contributed by atoms with Gasteiger partial charge in [-0.15, -0.1) is 0 Å². The van der Waals surface area contributed by atoms with Crippen LogP contribution in [0.15, 0.2) is 18.5 Å². The molecule has 0 radical (unpaired) electrons. The Balaban J connectivity index is 3.18. The standard InChI is InChI=1S/C17H30N2O/c1-6-11-19-16(15-13-18-12-10-14(15)5)17(7-2,8-3)20-9-4/h10,12-13,16,19H,6-9,11H2,1-5H3. The Bertz CT molecular complexity index is 388. The SMILES string of the molecule is CCCNC(c1cnccc1C)C(CC)(CC)OCC. The van der Waals surface area contributed by atoms with E-state index in [1.807, 2.05) is 12.4 Å². The van der Waals surface area contributed by atoms with Crippen molar-refractivity contribution in [2.75, 3.05) is 13.2 Å². The van der Waals surface area contributed by atoms with Crippen LogP contribution in [0, 0.1) is 6.92 Å². The molecule has 0 fully saturated rings. The van der Waals surface area contributed by atoms with Gasteiger partial charge in [0.2, 0.25) is 0 Å². The molecule has 1 aromatic rings. The second-order valence-corrected chi connectivity index (χ2v) is 5.32. The summed E-state index contributed by atoms with van der Waals surface area (Å²) in [5.41, 5.74) is 2.38. The minimum absolute atomic E-state index is 0.155. The number of pyridine rings is 1. The summed E-state index contributed by atoms with van der Waals surface area (Å²) in [5, 5.41) is 3.69. The first kappa shape index (κ1) is 17.1. The van der Waals surface area contributed by atoms with Crippen molar-refractivity contribution >= 4 is 0 Å². The maximum atomic E-state index is 6.21. The minimum atomic E-state index is -0.155. The predicted molar refractivity (Wildman–Crippen MR) is 84.9 cm³/mol. The highest BCUT2D eigenvalue weighted by Crippen LogP contribution is 2.36. The number of ether oxygens (including phenoxy) is 1. The maximum absolute atomic E-state index is 6.21. The topological polar surface area (TPSA) is 34.2 Å². The fourth-order valence-corrected chi connectivity index (χ4v) is 2.88. The van der Waals surface area contributed by atoms with E-state index >= 15 is 0 Å². The molecular formula is C17H30N2O. The highest BCUT2D eigenvalue weighted by Gasteiger charge is 2.37. The molecule has 0 aliphatic carbocycles.